The third kappa shape index (κ3) is 2.66. The highest BCUT2D eigenvalue weighted by molar-refractivity contribution is 5.96. The Morgan fingerprint density at radius 2 is 1.78 bits per heavy atom. The van der Waals surface area contributed by atoms with Gasteiger partial charge in [0, 0.05) is 11.1 Å². The van der Waals surface area contributed by atoms with E-state index in [2.05, 4.69) is 29.6 Å². The van der Waals surface area contributed by atoms with E-state index in [4.69, 9.17) is 4.74 Å². The van der Waals surface area contributed by atoms with Crippen molar-refractivity contribution < 1.29 is 9.53 Å². The molecule has 1 unspecified atom stereocenters. The summed E-state index contributed by atoms with van der Waals surface area (Å²) in [5.74, 6) is -0.270. The van der Waals surface area contributed by atoms with Gasteiger partial charge in [0.1, 0.15) is 6.61 Å². The van der Waals surface area contributed by atoms with Gasteiger partial charge < -0.3 is 10.1 Å². The maximum atomic E-state index is 12.0. The highest BCUT2D eigenvalue weighted by atomic mass is 16.5. The molecule has 1 aliphatic heterocycles. The topological polar surface area (TPSA) is 38.3 Å². The van der Waals surface area contributed by atoms with E-state index in [1.807, 2.05) is 30.3 Å². The molecule has 23 heavy (non-hydrogen) atoms. The van der Waals surface area contributed by atoms with Gasteiger partial charge in [-0.15, -0.1) is 0 Å². The van der Waals surface area contributed by atoms with Crippen molar-refractivity contribution in [2.75, 3.05) is 11.9 Å². The van der Waals surface area contributed by atoms with E-state index in [-0.39, 0.29) is 12.0 Å². The van der Waals surface area contributed by atoms with E-state index >= 15 is 0 Å². The number of carbonyl (C=O) groups excluding carboxylic acids is 1. The fraction of sp³-hybridized carbons (Fsp3) is 0.150. The van der Waals surface area contributed by atoms with Gasteiger partial charge in [-0.3, -0.25) is 0 Å². The van der Waals surface area contributed by atoms with E-state index in [9.17, 15) is 4.79 Å². The van der Waals surface area contributed by atoms with Crippen LogP contribution in [0.1, 0.15) is 15.9 Å². The average Bonchev–Trinajstić information content (AvgIpc) is 3.04. The summed E-state index contributed by atoms with van der Waals surface area (Å²) in [5.41, 5.74) is 3.04. The molecule has 0 fully saturated rings. The minimum Gasteiger partial charge on any atom is -0.460 e. The first-order valence-electron chi connectivity index (χ1n) is 7.80. The van der Waals surface area contributed by atoms with Crippen LogP contribution in [-0.4, -0.2) is 18.6 Å². The fourth-order valence-electron chi connectivity index (χ4n) is 3.11. The third-order valence-electron chi connectivity index (χ3n) is 4.26. The molecule has 0 amide bonds. The lowest BCUT2D eigenvalue weighted by atomic mass is 10.0. The van der Waals surface area contributed by atoms with Crippen LogP contribution in [-0.2, 0) is 11.2 Å². The number of carbonyl (C=O) groups is 1. The predicted octanol–water partition coefficient (Wildman–Crippen LogP) is 4.03. The average molecular weight is 303 g/mol. The van der Waals surface area contributed by atoms with E-state index in [1.54, 1.807) is 12.1 Å². The summed E-state index contributed by atoms with van der Waals surface area (Å²) in [4.78, 5) is 12.0. The zero-order chi connectivity index (χ0) is 15.6. The minimum atomic E-state index is -0.270. The summed E-state index contributed by atoms with van der Waals surface area (Å²) in [5, 5.41) is 5.95. The SMILES string of the molecule is O=C(OCC1Cc2ccc3ccccc3c2N1)c1ccccc1. The summed E-state index contributed by atoms with van der Waals surface area (Å²) < 4.78 is 5.45. The Balaban J connectivity index is 1.46. The molecule has 0 aromatic heterocycles. The molecule has 1 heterocycles. The van der Waals surface area contributed by atoms with E-state index in [0.717, 1.165) is 6.42 Å². The van der Waals surface area contributed by atoms with Crippen molar-refractivity contribution in [3.63, 3.8) is 0 Å². The molecule has 3 heteroatoms. The first kappa shape index (κ1) is 13.8. The van der Waals surface area contributed by atoms with Gasteiger partial charge in [0.15, 0.2) is 0 Å². The van der Waals surface area contributed by atoms with Gasteiger partial charge in [0.05, 0.1) is 11.6 Å². The van der Waals surface area contributed by atoms with Gasteiger partial charge in [0.25, 0.3) is 0 Å². The lowest BCUT2D eigenvalue weighted by Gasteiger charge is -2.12. The first-order chi connectivity index (χ1) is 11.3. The van der Waals surface area contributed by atoms with Crippen molar-refractivity contribution in [2.24, 2.45) is 0 Å². The number of anilines is 1. The van der Waals surface area contributed by atoms with Crippen LogP contribution in [0.3, 0.4) is 0 Å². The monoisotopic (exact) mass is 303 g/mol. The molecule has 3 aromatic rings. The van der Waals surface area contributed by atoms with Crippen LogP contribution in [0.4, 0.5) is 5.69 Å². The second-order valence-corrected chi connectivity index (χ2v) is 5.83. The second-order valence-electron chi connectivity index (χ2n) is 5.83. The number of fused-ring (bicyclic) bond motifs is 3. The number of hydrogen-bond acceptors (Lipinski definition) is 3. The molecular weight excluding hydrogens is 286 g/mol. The number of esters is 1. The third-order valence-corrected chi connectivity index (χ3v) is 4.26. The lowest BCUT2D eigenvalue weighted by Crippen LogP contribution is -2.24. The van der Waals surface area contributed by atoms with Crippen LogP contribution < -0.4 is 5.32 Å². The standard InChI is InChI=1S/C20H17NO2/c22-20(15-7-2-1-3-8-15)23-13-17-12-16-11-10-14-6-4-5-9-18(14)19(16)21-17/h1-11,17,21H,12-13H2. The number of ether oxygens (including phenoxy) is 1. The zero-order valence-corrected chi connectivity index (χ0v) is 12.7. The van der Waals surface area contributed by atoms with Crippen molar-refractivity contribution in [2.45, 2.75) is 12.5 Å². The van der Waals surface area contributed by atoms with Crippen molar-refractivity contribution in [3.8, 4) is 0 Å². The molecule has 3 nitrogen and oxygen atoms in total. The summed E-state index contributed by atoms with van der Waals surface area (Å²) in [6.07, 6.45) is 0.877. The fourth-order valence-corrected chi connectivity index (χ4v) is 3.11. The van der Waals surface area contributed by atoms with E-state index in [0.29, 0.717) is 12.2 Å². The summed E-state index contributed by atoms with van der Waals surface area (Å²) in [6, 6.07) is 21.9. The highest BCUT2D eigenvalue weighted by Gasteiger charge is 2.23. The minimum absolute atomic E-state index is 0.128. The lowest BCUT2D eigenvalue weighted by molar-refractivity contribution is 0.0491. The normalized spacial score (nSPS) is 15.9. The zero-order valence-electron chi connectivity index (χ0n) is 12.7. The molecule has 1 atom stereocenters. The Morgan fingerprint density at radius 3 is 2.65 bits per heavy atom. The molecule has 3 aromatic carbocycles. The molecule has 4 rings (SSSR count). The van der Waals surface area contributed by atoms with E-state index in [1.165, 1.54) is 22.0 Å². The quantitative estimate of drug-likeness (QED) is 0.742. The van der Waals surface area contributed by atoms with Gasteiger partial charge in [-0.05, 0) is 29.5 Å². The molecule has 1 N–H and O–H groups in total. The van der Waals surface area contributed by atoms with Crippen molar-refractivity contribution >= 4 is 22.4 Å². The Bertz CT molecular complexity index is 858. The maximum Gasteiger partial charge on any atom is 0.338 e. The Morgan fingerprint density at radius 1 is 1.00 bits per heavy atom. The van der Waals surface area contributed by atoms with Crippen LogP contribution in [0.5, 0.6) is 0 Å². The maximum absolute atomic E-state index is 12.0. The molecule has 114 valence electrons. The summed E-state index contributed by atoms with van der Waals surface area (Å²) in [7, 11) is 0. The Labute approximate surface area is 134 Å². The molecule has 0 aliphatic carbocycles. The summed E-state index contributed by atoms with van der Waals surface area (Å²) >= 11 is 0. The van der Waals surface area contributed by atoms with Crippen LogP contribution in [0.25, 0.3) is 10.8 Å². The van der Waals surface area contributed by atoms with E-state index < -0.39 is 0 Å². The Hall–Kier alpha value is -2.81. The Kier molecular flexibility index (Phi) is 3.46. The summed E-state index contributed by atoms with van der Waals surface area (Å²) in [6.45, 7) is 0.372. The number of rotatable bonds is 3. The van der Waals surface area contributed by atoms with Crippen molar-refractivity contribution in [1.82, 2.24) is 0 Å². The van der Waals surface area contributed by atoms with Crippen molar-refractivity contribution in [3.05, 3.63) is 77.9 Å². The number of benzene rings is 3. The van der Waals surface area contributed by atoms with Gasteiger partial charge in [-0.2, -0.15) is 0 Å². The van der Waals surface area contributed by atoms with Gasteiger partial charge in [-0.1, -0.05) is 54.6 Å². The second kappa shape index (κ2) is 5.76. The first-order valence-corrected chi connectivity index (χ1v) is 7.80. The molecule has 0 spiro atoms. The highest BCUT2D eigenvalue weighted by Crippen LogP contribution is 2.33. The van der Waals surface area contributed by atoms with Crippen LogP contribution in [0.15, 0.2) is 66.7 Å². The van der Waals surface area contributed by atoms with Crippen LogP contribution >= 0.6 is 0 Å². The molecule has 1 aliphatic rings. The molecule has 0 saturated carbocycles. The van der Waals surface area contributed by atoms with Crippen LogP contribution in [0, 0.1) is 0 Å². The smallest absolute Gasteiger partial charge is 0.338 e. The molecular formula is C20H17NO2. The van der Waals surface area contributed by atoms with Gasteiger partial charge in [0.2, 0.25) is 0 Å². The van der Waals surface area contributed by atoms with Crippen LogP contribution in [0.2, 0.25) is 0 Å². The largest absolute Gasteiger partial charge is 0.460 e. The molecule has 0 bridgehead atoms. The van der Waals surface area contributed by atoms with Crippen molar-refractivity contribution in [1.29, 1.82) is 0 Å². The molecule has 0 saturated heterocycles. The number of nitrogens with one attached hydrogen (secondary N) is 1. The number of hydrogen-bond donors (Lipinski definition) is 1. The molecule has 0 radical (unpaired) electrons. The predicted molar refractivity (Wildman–Crippen MR) is 91.8 cm³/mol. The van der Waals surface area contributed by atoms with Gasteiger partial charge >= 0.3 is 5.97 Å². The van der Waals surface area contributed by atoms with Gasteiger partial charge in [-0.25, -0.2) is 4.79 Å².